The number of carbonyl (C=O) groups is 1. The van der Waals surface area contributed by atoms with Gasteiger partial charge in [0.15, 0.2) is 5.78 Å². The third-order valence-electron chi connectivity index (χ3n) is 1.41. The van der Waals surface area contributed by atoms with Crippen LogP contribution in [0.25, 0.3) is 0 Å². The van der Waals surface area contributed by atoms with Crippen molar-refractivity contribution < 1.29 is 4.79 Å². The Morgan fingerprint density at radius 1 is 1.73 bits per heavy atom. The third kappa shape index (κ3) is 3.46. The van der Waals surface area contributed by atoms with Crippen LogP contribution in [0.3, 0.4) is 0 Å². The Bertz CT molecular complexity index is 143. The average Bonchev–Trinajstić information content (AvgIpc) is 2.00. The summed E-state index contributed by atoms with van der Waals surface area (Å²) in [7, 11) is 0. The summed E-state index contributed by atoms with van der Waals surface area (Å²) < 4.78 is 0. The molecule has 0 aromatic heterocycles. The minimum absolute atomic E-state index is 0.0647. The summed E-state index contributed by atoms with van der Waals surface area (Å²) in [6.45, 7) is 2.29. The van der Waals surface area contributed by atoms with Gasteiger partial charge in [-0.25, -0.2) is 0 Å². The van der Waals surface area contributed by atoms with Gasteiger partial charge in [-0.3, -0.25) is 10.1 Å². The van der Waals surface area contributed by atoms with E-state index in [0.717, 1.165) is 0 Å². The normalized spacial score (nSPS) is 16.0. The second-order valence-corrected chi connectivity index (χ2v) is 3.48. The van der Waals surface area contributed by atoms with Crippen molar-refractivity contribution in [2.24, 2.45) is 5.73 Å². The third-order valence-corrected chi connectivity index (χ3v) is 2.29. The van der Waals surface area contributed by atoms with Gasteiger partial charge in [-0.15, -0.1) is 12.6 Å². The van der Waals surface area contributed by atoms with Crippen molar-refractivity contribution in [1.29, 1.82) is 0 Å². The zero-order valence-electron chi connectivity index (χ0n) is 6.50. The summed E-state index contributed by atoms with van der Waals surface area (Å²) in [5, 5.41) is 2.91. The van der Waals surface area contributed by atoms with Crippen LogP contribution in [-0.2, 0) is 4.79 Å². The fourth-order valence-corrected chi connectivity index (χ4v) is 0.827. The molecule has 0 bridgehead atoms. The topological polar surface area (TPSA) is 55.1 Å². The number of carbonyl (C=O) groups excluding carboxylic acids is 1. The zero-order valence-corrected chi connectivity index (χ0v) is 8.29. The molecule has 0 radical (unpaired) electrons. The van der Waals surface area contributed by atoms with Gasteiger partial charge in [0.1, 0.15) is 4.87 Å². The molecule has 11 heavy (non-hydrogen) atoms. The largest absolute Gasteiger partial charge is 0.328 e. The lowest BCUT2D eigenvalue weighted by Crippen LogP contribution is -2.52. The van der Waals surface area contributed by atoms with E-state index >= 15 is 0 Å². The summed E-state index contributed by atoms with van der Waals surface area (Å²) in [6.07, 6.45) is 0. The summed E-state index contributed by atoms with van der Waals surface area (Å²) in [4.78, 5) is 10.1. The van der Waals surface area contributed by atoms with Crippen LogP contribution < -0.4 is 11.1 Å². The van der Waals surface area contributed by atoms with Gasteiger partial charge in [0, 0.05) is 18.8 Å². The van der Waals surface area contributed by atoms with Crippen molar-refractivity contribution >= 4 is 31.0 Å². The molecule has 3 nitrogen and oxygen atoms in total. The predicted molar refractivity (Wildman–Crippen MR) is 53.3 cm³/mol. The number of rotatable bonds is 5. The molecule has 3 N–H and O–H groups in total. The molecule has 1 atom stereocenters. The SMILES string of the molecule is CC(=O)C(S)(CN)NCCS. The Labute approximate surface area is 77.9 Å². The van der Waals surface area contributed by atoms with Gasteiger partial charge in [-0.1, -0.05) is 0 Å². The monoisotopic (exact) mass is 194 g/mol. The Balaban J connectivity index is 3.99. The smallest absolute Gasteiger partial charge is 0.161 e. The highest BCUT2D eigenvalue weighted by Crippen LogP contribution is 2.08. The lowest BCUT2D eigenvalue weighted by Gasteiger charge is -2.24. The van der Waals surface area contributed by atoms with Gasteiger partial charge in [0.2, 0.25) is 0 Å². The van der Waals surface area contributed by atoms with Crippen LogP contribution in [0.1, 0.15) is 6.92 Å². The van der Waals surface area contributed by atoms with E-state index in [4.69, 9.17) is 5.73 Å². The van der Waals surface area contributed by atoms with E-state index in [1.54, 1.807) is 0 Å². The lowest BCUT2D eigenvalue weighted by atomic mass is 10.2. The number of hydrogen-bond acceptors (Lipinski definition) is 5. The van der Waals surface area contributed by atoms with Crippen molar-refractivity contribution in [3.05, 3.63) is 0 Å². The molecule has 1 unspecified atom stereocenters. The van der Waals surface area contributed by atoms with Gasteiger partial charge in [-0.2, -0.15) is 12.6 Å². The molecule has 0 aliphatic carbocycles. The summed E-state index contributed by atoms with van der Waals surface area (Å²) >= 11 is 8.12. The van der Waals surface area contributed by atoms with E-state index in [1.165, 1.54) is 6.92 Å². The average molecular weight is 194 g/mol. The van der Waals surface area contributed by atoms with Crippen molar-refractivity contribution in [2.75, 3.05) is 18.8 Å². The highest BCUT2D eigenvalue weighted by Gasteiger charge is 2.27. The number of Topliss-reactive ketones (excluding diaryl/α,β-unsaturated/α-hetero) is 1. The molecule has 0 heterocycles. The van der Waals surface area contributed by atoms with Crippen molar-refractivity contribution in [3.63, 3.8) is 0 Å². The fourth-order valence-electron chi connectivity index (χ4n) is 0.603. The predicted octanol–water partition coefficient (Wildman–Crippen LogP) is -0.320. The molecule has 0 aromatic carbocycles. The molecule has 0 aliphatic rings. The molecule has 66 valence electrons. The van der Waals surface area contributed by atoms with E-state index in [9.17, 15) is 4.79 Å². The molecular formula is C6H14N2OS2. The molecule has 0 saturated carbocycles. The first-order valence-electron chi connectivity index (χ1n) is 3.36. The van der Waals surface area contributed by atoms with Crippen LogP contribution in [0.5, 0.6) is 0 Å². The first-order chi connectivity index (χ1) is 5.06. The molecule has 5 heteroatoms. The van der Waals surface area contributed by atoms with Crippen molar-refractivity contribution in [1.82, 2.24) is 5.32 Å². The maximum atomic E-state index is 11.0. The van der Waals surface area contributed by atoms with Crippen LogP contribution >= 0.6 is 25.3 Å². The molecule has 0 amide bonds. The van der Waals surface area contributed by atoms with Gasteiger partial charge in [0.25, 0.3) is 0 Å². The van der Waals surface area contributed by atoms with E-state index in [2.05, 4.69) is 30.6 Å². The number of nitrogens with one attached hydrogen (secondary N) is 1. The molecule has 0 aliphatic heterocycles. The fraction of sp³-hybridized carbons (Fsp3) is 0.833. The lowest BCUT2D eigenvalue weighted by molar-refractivity contribution is -0.119. The van der Waals surface area contributed by atoms with Gasteiger partial charge in [-0.05, 0) is 6.92 Å². The molecule has 0 fully saturated rings. The molecule has 0 spiro atoms. The Morgan fingerprint density at radius 2 is 2.27 bits per heavy atom. The highest BCUT2D eigenvalue weighted by atomic mass is 32.1. The molecule has 0 aromatic rings. The number of ketones is 1. The van der Waals surface area contributed by atoms with Gasteiger partial charge < -0.3 is 5.73 Å². The first kappa shape index (κ1) is 11.3. The summed E-state index contributed by atoms with van der Waals surface area (Å²) in [6, 6.07) is 0. The Morgan fingerprint density at radius 3 is 2.55 bits per heavy atom. The number of thiol groups is 2. The van der Waals surface area contributed by atoms with Crippen LogP contribution in [0, 0.1) is 0 Å². The Hall–Kier alpha value is 0.290. The van der Waals surface area contributed by atoms with E-state index in [-0.39, 0.29) is 12.3 Å². The maximum absolute atomic E-state index is 11.0. The summed E-state index contributed by atoms with van der Waals surface area (Å²) in [5.41, 5.74) is 5.36. The highest BCUT2D eigenvalue weighted by molar-refractivity contribution is 7.82. The van der Waals surface area contributed by atoms with Crippen LogP contribution in [-0.4, -0.2) is 29.5 Å². The number of nitrogens with two attached hydrogens (primary N) is 1. The zero-order chi connectivity index (χ0) is 8.91. The summed E-state index contributed by atoms with van der Waals surface area (Å²) in [5.74, 6) is 0.598. The van der Waals surface area contributed by atoms with Crippen molar-refractivity contribution in [3.8, 4) is 0 Å². The van der Waals surface area contributed by atoms with Crippen molar-refractivity contribution in [2.45, 2.75) is 11.8 Å². The minimum Gasteiger partial charge on any atom is -0.328 e. The van der Waals surface area contributed by atoms with Crippen LogP contribution in [0.15, 0.2) is 0 Å². The Kier molecular flexibility index (Phi) is 5.16. The van der Waals surface area contributed by atoms with Crippen LogP contribution in [0.4, 0.5) is 0 Å². The second-order valence-electron chi connectivity index (χ2n) is 2.27. The minimum atomic E-state index is -0.872. The number of hydrogen-bond donors (Lipinski definition) is 4. The maximum Gasteiger partial charge on any atom is 0.161 e. The molecule has 0 saturated heterocycles. The van der Waals surface area contributed by atoms with Gasteiger partial charge in [0.05, 0.1) is 0 Å². The first-order valence-corrected chi connectivity index (χ1v) is 4.44. The standard InChI is InChI=1S/C6H14N2OS2/c1-5(9)6(11,4-7)8-2-3-10/h8,10-11H,2-4,7H2,1H3. The van der Waals surface area contributed by atoms with Crippen LogP contribution in [0.2, 0.25) is 0 Å². The quantitative estimate of drug-likeness (QED) is 0.358. The van der Waals surface area contributed by atoms with E-state index in [1.807, 2.05) is 0 Å². The van der Waals surface area contributed by atoms with Gasteiger partial charge >= 0.3 is 0 Å². The second kappa shape index (κ2) is 5.03. The molecule has 0 rings (SSSR count). The molecular weight excluding hydrogens is 180 g/mol. The van der Waals surface area contributed by atoms with E-state index < -0.39 is 4.87 Å². The van der Waals surface area contributed by atoms with E-state index in [0.29, 0.717) is 12.3 Å².